The summed E-state index contributed by atoms with van der Waals surface area (Å²) in [6.07, 6.45) is 6.77. The lowest BCUT2D eigenvalue weighted by molar-refractivity contribution is 0.0220. The summed E-state index contributed by atoms with van der Waals surface area (Å²) in [7, 11) is 0. The van der Waals surface area contributed by atoms with Gasteiger partial charge in [0.05, 0.1) is 6.10 Å². The number of β-amino-alcohol motifs (C(OH)–C–C–N with tert-alkyl or cyclic N) is 1. The van der Waals surface area contributed by atoms with Gasteiger partial charge in [0.25, 0.3) is 0 Å². The van der Waals surface area contributed by atoms with Gasteiger partial charge in [-0.25, -0.2) is 0 Å². The number of likely N-dealkylation sites (tertiary alicyclic amines) is 1. The van der Waals surface area contributed by atoms with Crippen molar-refractivity contribution in [3.8, 4) is 0 Å². The lowest BCUT2D eigenvalue weighted by Crippen LogP contribution is -2.51. The first-order valence-corrected chi connectivity index (χ1v) is 7.04. The molecule has 1 fully saturated rings. The molecular weight excluding hydrogens is 198 g/mol. The van der Waals surface area contributed by atoms with Crippen molar-refractivity contribution in [2.45, 2.75) is 59.0 Å². The van der Waals surface area contributed by atoms with E-state index in [1.165, 1.54) is 45.2 Å². The van der Waals surface area contributed by atoms with E-state index in [9.17, 15) is 5.11 Å². The van der Waals surface area contributed by atoms with Gasteiger partial charge in [0, 0.05) is 19.6 Å². The number of aliphatic hydroxyl groups is 1. The van der Waals surface area contributed by atoms with E-state index < -0.39 is 0 Å². The molecule has 1 heterocycles. The third-order valence-corrected chi connectivity index (χ3v) is 3.83. The number of hydrogen-bond donors (Lipinski definition) is 1. The summed E-state index contributed by atoms with van der Waals surface area (Å²) >= 11 is 0. The Labute approximate surface area is 101 Å². The predicted octanol–water partition coefficient (Wildman–Crippen LogP) is 2.91. The lowest BCUT2D eigenvalue weighted by atomic mass is 9.83. The van der Waals surface area contributed by atoms with Crippen molar-refractivity contribution in [3.05, 3.63) is 0 Å². The van der Waals surface area contributed by atoms with E-state index >= 15 is 0 Å². The lowest BCUT2D eigenvalue weighted by Gasteiger charge is -2.43. The molecule has 0 bridgehead atoms. The molecule has 1 aliphatic rings. The van der Waals surface area contributed by atoms with Crippen molar-refractivity contribution in [3.63, 3.8) is 0 Å². The second-order valence-electron chi connectivity index (χ2n) is 5.65. The summed E-state index contributed by atoms with van der Waals surface area (Å²) in [5.41, 5.74) is 0. The van der Waals surface area contributed by atoms with Crippen LogP contribution in [0.5, 0.6) is 0 Å². The third-order valence-electron chi connectivity index (χ3n) is 3.83. The zero-order valence-electron chi connectivity index (χ0n) is 11.3. The maximum atomic E-state index is 9.27. The van der Waals surface area contributed by atoms with Crippen LogP contribution in [-0.4, -0.2) is 35.7 Å². The van der Waals surface area contributed by atoms with Gasteiger partial charge in [0.2, 0.25) is 0 Å². The zero-order valence-corrected chi connectivity index (χ0v) is 11.3. The van der Waals surface area contributed by atoms with Gasteiger partial charge in [-0.3, -0.25) is 0 Å². The maximum absolute atomic E-state index is 9.27. The second kappa shape index (κ2) is 7.29. The van der Waals surface area contributed by atoms with E-state index in [0.717, 1.165) is 18.4 Å². The number of unbranched alkanes of at least 4 members (excludes halogenated alkanes) is 3. The Morgan fingerprint density at radius 3 is 2.44 bits per heavy atom. The van der Waals surface area contributed by atoms with Crippen LogP contribution in [-0.2, 0) is 0 Å². The average Bonchev–Trinajstić information content (AvgIpc) is 2.17. The predicted molar refractivity (Wildman–Crippen MR) is 69.5 cm³/mol. The maximum Gasteiger partial charge on any atom is 0.0639 e. The molecule has 1 unspecified atom stereocenters. The van der Waals surface area contributed by atoms with Gasteiger partial charge in [0.1, 0.15) is 0 Å². The number of nitrogens with zero attached hydrogens (tertiary/aromatic N) is 1. The smallest absolute Gasteiger partial charge is 0.0639 e. The van der Waals surface area contributed by atoms with E-state index in [0.29, 0.717) is 0 Å². The molecule has 1 saturated heterocycles. The van der Waals surface area contributed by atoms with Crippen LogP contribution in [0, 0.1) is 11.8 Å². The Hall–Kier alpha value is -0.0800. The normalized spacial score (nSPS) is 21.8. The van der Waals surface area contributed by atoms with Crippen LogP contribution in [0.15, 0.2) is 0 Å². The van der Waals surface area contributed by atoms with Crippen LogP contribution in [0.25, 0.3) is 0 Å². The molecule has 96 valence electrons. The Morgan fingerprint density at radius 2 is 1.88 bits per heavy atom. The molecule has 0 aliphatic carbocycles. The first-order valence-electron chi connectivity index (χ1n) is 7.04. The number of hydrogen-bond acceptors (Lipinski definition) is 2. The van der Waals surface area contributed by atoms with Crippen molar-refractivity contribution in [2.75, 3.05) is 19.6 Å². The largest absolute Gasteiger partial charge is 0.392 e. The number of aliphatic hydroxyl groups excluding tert-OH is 1. The molecule has 0 saturated carbocycles. The second-order valence-corrected chi connectivity index (χ2v) is 5.65. The van der Waals surface area contributed by atoms with Gasteiger partial charge in [0.15, 0.2) is 0 Å². The number of rotatable bonds is 8. The van der Waals surface area contributed by atoms with E-state index in [1.807, 2.05) is 6.92 Å². The van der Waals surface area contributed by atoms with Crippen LogP contribution < -0.4 is 0 Å². The molecule has 0 aromatic carbocycles. The van der Waals surface area contributed by atoms with Crippen LogP contribution in [0.2, 0.25) is 0 Å². The van der Waals surface area contributed by atoms with Crippen LogP contribution >= 0.6 is 0 Å². The molecule has 2 nitrogen and oxygen atoms in total. The molecule has 2 heteroatoms. The fraction of sp³-hybridized carbons (Fsp3) is 1.00. The summed E-state index contributed by atoms with van der Waals surface area (Å²) in [5, 5.41) is 9.27. The third kappa shape index (κ3) is 4.84. The van der Waals surface area contributed by atoms with Gasteiger partial charge in [-0.15, -0.1) is 0 Å². The summed E-state index contributed by atoms with van der Waals surface area (Å²) in [6, 6.07) is 0. The molecule has 1 rings (SSSR count). The highest BCUT2D eigenvalue weighted by molar-refractivity contribution is 4.84. The van der Waals surface area contributed by atoms with Gasteiger partial charge < -0.3 is 10.0 Å². The van der Waals surface area contributed by atoms with Gasteiger partial charge in [-0.05, 0) is 18.8 Å². The molecular formula is C14H29NO. The van der Waals surface area contributed by atoms with Crippen LogP contribution in [0.4, 0.5) is 0 Å². The van der Waals surface area contributed by atoms with Gasteiger partial charge in [-0.1, -0.05) is 46.0 Å². The van der Waals surface area contributed by atoms with Gasteiger partial charge in [-0.2, -0.15) is 0 Å². The summed E-state index contributed by atoms with van der Waals surface area (Å²) in [5.74, 6) is 1.77. The highest BCUT2D eigenvalue weighted by Gasteiger charge is 2.30. The fourth-order valence-electron chi connectivity index (χ4n) is 2.62. The monoisotopic (exact) mass is 227 g/mol. The molecule has 16 heavy (non-hydrogen) atoms. The van der Waals surface area contributed by atoms with Crippen molar-refractivity contribution < 1.29 is 5.11 Å². The van der Waals surface area contributed by atoms with Gasteiger partial charge >= 0.3 is 0 Å². The Bertz CT molecular complexity index is 176. The topological polar surface area (TPSA) is 23.5 Å². The minimum absolute atomic E-state index is 0.166. The molecule has 0 spiro atoms. The van der Waals surface area contributed by atoms with Crippen LogP contribution in [0.1, 0.15) is 52.9 Å². The zero-order chi connectivity index (χ0) is 12.0. The summed E-state index contributed by atoms with van der Waals surface area (Å²) < 4.78 is 0. The first kappa shape index (κ1) is 14.0. The molecule has 0 aromatic heterocycles. The Balaban J connectivity index is 2.01. The molecule has 1 N–H and O–H groups in total. The van der Waals surface area contributed by atoms with Crippen LogP contribution in [0.3, 0.4) is 0 Å². The molecule has 2 atom stereocenters. The van der Waals surface area contributed by atoms with Crippen molar-refractivity contribution in [1.29, 1.82) is 0 Å². The SMILES string of the molecule is CCCCCCC(C)C1CN(C[C@@H](C)O)C1. The summed E-state index contributed by atoms with van der Waals surface area (Å²) in [4.78, 5) is 2.37. The first-order chi connectivity index (χ1) is 7.63. The average molecular weight is 227 g/mol. The van der Waals surface area contributed by atoms with E-state index in [4.69, 9.17) is 0 Å². The highest BCUT2D eigenvalue weighted by atomic mass is 16.3. The minimum Gasteiger partial charge on any atom is -0.392 e. The molecule has 1 aliphatic heterocycles. The van der Waals surface area contributed by atoms with Crippen molar-refractivity contribution in [1.82, 2.24) is 4.90 Å². The van der Waals surface area contributed by atoms with E-state index in [2.05, 4.69) is 18.7 Å². The van der Waals surface area contributed by atoms with Crippen molar-refractivity contribution in [2.24, 2.45) is 11.8 Å². The summed E-state index contributed by atoms with van der Waals surface area (Å²) in [6.45, 7) is 9.82. The van der Waals surface area contributed by atoms with Crippen molar-refractivity contribution >= 4 is 0 Å². The molecule has 0 radical (unpaired) electrons. The van der Waals surface area contributed by atoms with E-state index in [-0.39, 0.29) is 6.10 Å². The highest BCUT2D eigenvalue weighted by Crippen LogP contribution is 2.27. The molecule has 0 aromatic rings. The molecule has 0 amide bonds. The minimum atomic E-state index is -0.166. The Kier molecular flexibility index (Phi) is 6.37. The standard InChI is InChI=1S/C14H29NO/c1-4-5-6-7-8-12(2)14-10-15(11-14)9-13(3)16/h12-14,16H,4-11H2,1-3H3/t12?,13-/m1/s1. The van der Waals surface area contributed by atoms with E-state index in [1.54, 1.807) is 0 Å². The fourth-order valence-corrected chi connectivity index (χ4v) is 2.62. The quantitative estimate of drug-likeness (QED) is 0.645. The Morgan fingerprint density at radius 1 is 1.19 bits per heavy atom.